The summed E-state index contributed by atoms with van der Waals surface area (Å²) >= 11 is 0. The molecule has 1 aliphatic rings. The SMILES string of the molecule is CCCCn1c([C@@H]2CCCN(C(=O)C[C@@H](Cc3ccc(-c4ccccc4)cc3)NC(=O)OC(C)(C)C)C2)nc2ccccc21. The lowest BCUT2D eigenvalue weighted by molar-refractivity contribution is -0.132. The molecule has 4 aromatic rings. The first-order valence-electron chi connectivity index (χ1n) is 16.1. The van der Waals surface area contributed by atoms with Gasteiger partial charge in [0.05, 0.1) is 11.0 Å². The minimum atomic E-state index is -0.626. The van der Waals surface area contributed by atoms with E-state index in [9.17, 15) is 9.59 Å². The van der Waals surface area contributed by atoms with Gasteiger partial charge in [-0.2, -0.15) is 0 Å². The molecule has 44 heavy (non-hydrogen) atoms. The van der Waals surface area contributed by atoms with Gasteiger partial charge in [-0.1, -0.05) is 80.1 Å². The molecule has 3 aromatic carbocycles. The summed E-state index contributed by atoms with van der Waals surface area (Å²) < 4.78 is 7.94. The van der Waals surface area contributed by atoms with E-state index in [4.69, 9.17) is 9.72 Å². The van der Waals surface area contributed by atoms with E-state index in [1.807, 2.05) is 49.9 Å². The van der Waals surface area contributed by atoms with E-state index >= 15 is 0 Å². The molecule has 2 atom stereocenters. The van der Waals surface area contributed by atoms with Crippen LogP contribution in [-0.2, 0) is 22.5 Å². The number of alkyl carbamates (subject to hydrolysis) is 1. The molecule has 2 heterocycles. The number of carbonyl (C=O) groups is 2. The molecule has 0 spiro atoms. The maximum Gasteiger partial charge on any atom is 0.407 e. The van der Waals surface area contributed by atoms with Gasteiger partial charge in [-0.15, -0.1) is 0 Å². The van der Waals surface area contributed by atoms with Gasteiger partial charge in [0.2, 0.25) is 5.91 Å². The fraction of sp³-hybridized carbons (Fsp3) is 0.432. The topological polar surface area (TPSA) is 76.5 Å². The second-order valence-electron chi connectivity index (χ2n) is 13.0. The van der Waals surface area contributed by atoms with Gasteiger partial charge in [-0.05, 0) is 75.3 Å². The van der Waals surface area contributed by atoms with E-state index in [2.05, 4.69) is 71.4 Å². The number of rotatable bonds is 10. The molecule has 0 bridgehead atoms. The van der Waals surface area contributed by atoms with E-state index < -0.39 is 17.7 Å². The zero-order valence-electron chi connectivity index (χ0n) is 26.6. The quantitative estimate of drug-likeness (QED) is 0.204. The number of amides is 2. The van der Waals surface area contributed by atoms with Crippen molar-refractivity contribution in [2.45, 2.75) is 90.3 Å². The molecule has 5 rings (SSSR count). The van der Waals surface area contributed by atoms with Crippen molar-refractivity contribution < 1.29 is 14.3 Å². The summed E-state index contributed by atoms with van der Waals surface area (Å²) in [6, 6.07) is 26.5. The number of piperidine rings is 1. The van der Waals surface area contributed by atoms with Crippen molar-refractivity contribution in [3.05, 3.63) is 90.3 Å². The Balaban J connectivity index is 1.31. The lowest BCUT2D eigenvalue weighted by atomic mass is 9.95. The molecule has 1 aliphatic heterocycles. The van der Waals surface area contributed by atoms with Crippen molar-refractivity contribution in [3.63, 3.8) is 0 Å². The van der Waals surface area contributed by atoms with E-state index in [1.54, 1.807) is 0 Å². The Morgan fingerprint density at radius 2 is 1.68 bits per heavy atom. The number of benzene rings is 3. The maximum atomic E-state index is 13.8. The Morgan fingerprint density at radius 3 is 2.41 bits per heavy atom. The Morgan fingerprint density at radius 1 is 0.977 bits per heavy atom. The summed E-state index contributed by atoms with van der Waals surface area (Å²) in [5.41, 5.74) is 4.90. The number of nitrogens with zero attached hydrogens (tertiary/aromatic N) is 3. The lowest BCUT2D eigenvalue weighted by Gasteiger charge is -2.34. The van der Waals surface area contributed by atoms with Gasteiger partial charge < -0.3 is 19.5 Å². The molecule has 232 valence electrons. The van der Waals surface area contributed by atoms with Gasteiger partial charge in [0, 0.05) is 38.0 Å². The fourth-order valence-electron chi connectivity index (χ4n) is 6.11. The standard InChI is InChI=1S/C37H46N4O3/c1-5-6-23-41-33-17-11-10-16-32(33)39-35(41)30-15-12-22-40(26-30)34(42)25-31(38-36(43)44-37(2,3)4)24-27-18-20-29(21-19-27)28-13-8-7-9-14-28/h7-11,13-14,16-21,30-31H,5-6,12,15,22-26H2,1-4H3,(H,38,43)/t30-,31-/m1/s1. The van der Waals surface area contributed by atoms with Gasteiger partial charge in [-0.3, -0.25) is 4.79 Å². The second kappa shape index (κ2) is 14.1. The summed E-state index contributed by atoms with van der Waals surface area (Å²) in [6.45, 7) is 10.0. The van der Waals surface area contributed by atoms with Gasteiger partial charge in [-0.25, -0.2) is 9.78 Å². The van der Waals surface area contributed by atoms with Crippen LogP contribution in [0.25, 0.3) is 22.2 Å². The van der Waals surface area contributed by atoms with Gasteiger partial charge >= 0.3 is 6.09 Å². The van der Waals surface area contributed by atoms with Crippen LogP contribution in [-0.4, -0.2) is 51.2 Å². The number of hydrogen-bond acceptors (Lipinski definition) is 4. The number of nitrogens with one attached hydrogen (secondary N) is 1. The highest BCUT2D eigenvalue weighted by molar-refractivity contribution is 5.79. The summed E-state index contributed by atoms with van der Waals surface area (Å²) in [4.78, 5) is 33.7. The molecule has 0 aliphatic carbocycles. The molecule has 0 unspecified atom stereocenters. The normalized spacial score (nSPS) is 16.1. The van der Waals surface area contributed by atoms with Crippen molar-refractivity contribution in [2.75, 3.05) is 13.1 Å². The molecule has 2 amide bonds. The Hall–Kier alpha value is -4.13. The summed E-state index contributed by atoms with van der Waals surface area (Å²) in [6.07, 6.45) is 4.38. The van der Waals surface area contributed by atoms with Crippen molar-refractivity contribution >= 4 is 23.0 Å². The highest BCUT2D eigenvalue weighted by Gasteiger charge is 2.30. The lowest BCUT2D eigenvalue weighted by Crippen LogP contribution is -2.46. The number of imidazole rings is 1. The number of unbranched alkanes of at least 4 members (excludes halogenated alkanes) is 1. The Kier molecular flexibility index (Phi) is 10.0. The number of ether oxygens (including phenoxy) is 1. The maximum absolute atomic E-state index is 13.8. The average Bonchev–Trinajstić information content (AvgIpc) is 3.38. The van der Waals surface area contributed by atoms with Crippen LogP contribution < -0.4 is 5.32 Å². The van der Waals surface area contributed by atoms with Crippen molar-refractivity contribution in [2.24, 2.45) is 0 Å². The Labute approximate surface area is 261 Å². The average molecular weight is 595 g/mol. The first-order valence-corrected chi connectivity index (χ1v) is 16.1. The number of para-hydroxylation sites is 2. The second-order valence-corrected chi connectivity index (χ2v) is 13.0. The van der Waals surface area contributed by atoms with Crippen LogP contribution in [0.15, 0.2) is 78.9 Å². The zero-order chi connectivity index (χ0) is 31.1. The minimum absolute atomic E-state index is 0.0490. The van der Waals surface area contributed by atoms with Crippen molar-refractivity contribution in [1.82, 2.24) is 19.8 Å². The highest BCUT2D eigenvalue weighted by Crippen LogP contribution is 2.30. The number of aryl methyl sites for hydroxylation is 1. The van der Waals surface area contributed by atoms with Crippen LogP contribution in [0.1, 0.15) is 77.1 Å². The van der Waals surface area contributed by atoms with Crippen LogP contribution >= 0.6 is 0 Å². The third-order valence-electron chi connectivity index (χ3n) is 8.24. The largest absolute Gasteiger partial charge is 0.444 e. The third-order valence-corrected chi connectivity index (χ3v) is 8.24. The number of hydrogen-bond donors (Lipinski definition) is 1. The molecular formula is C37H46N4O3. The van der Waals surface area contributed by atoms with Gasteiger partial charge in [0.25, 0.3) is 0 Å². The smallest absolute Gasteiger partial charge is 0.407 e. The van der Waals surface area contributed by atoms with E-state index in [1.165, 1.54) is 5.52 Å². The van der Waals surface area contributed by atoms with Gasteiger partial charge in [0.15, 0.2) is 0 Å². The minimum Gasteiger partial charge on any atom is -0.444 e. The summed E-state index contributed by atoms with van der Waals surface area (Å²) in [5.74, 6) is 1.31. The number of carbonyl (C=O) groups excluding carboxylic acids is 2. The number of aromatic nitrogens is 2. The molecule has 0 saturated carbocycles. The van der Waals surface area contributed by atoms with Crippen LogP contribution in [0.3, 0.4) is 0 Å². The van der Waals surface area contributed by atoms with E-state index in [0.717, 1.165) is 66.8 Å². The third kappa shape index (κ3) is 8.07. The molecule has 1 N–H and O–H groups in total. The van der Waals surface area contributed by atoms with Crippen LogP contribution in [0.2, 0.25) is 0 Å². The number of likely N-dealkylation sites (tertiary alicyclic amines) is 1. The molecule has 0 radical (unpaired) electrons. The summed E-state index contributed by atoms with van der Waals surface area (Å²) in [5, 5.41) is 3.01. The molecule has 1 aromatic heterocycles. The molecular weight excluding hydrogens is 548 g/mol. The van der Waals surface area contributed by atoms with Crippen LogP contribution in [0.4, 0.5) is 4.79 Å². The van der Waals surface area contributed by atoms with Gasteiger partial charge in [0.1, 0.15) is 11.4 Å². The molecule has 7 heteroatoms. The van der Waals surface area contributed by atoms with Crippen LogP contribution in [0, 0.1) is 0 Å². The summed E-state index contributed by atoms with van der Waals surface area (Å²) in [7, 11) is 0. The predicted octanol–water partition coefficient (Wildman–Crippen LogP) is 7.74. The molecule has 7 nitrogen and oxygen atoms in total. The highest BCUT2D eigenvalue weighted by atomic mass is 16.6. The van der Waals surface area contributed by atoms with E-state index in [0.29, 0.717) is 13.0 Å². The van der Waals surface area contributed by atoms with Crippen molar-refractivity contribution in [3.8, 4) is 11.1 Å². The monoisotopic (exact) mass is 594 g/mol. The molecule has 1 fully saturated rings. The zero-order valence-corrected chi connectivity index (χ0v) is 26.6. The van der Waals surface area contributed by atoms with Crippen LogP contribution in [0.5, 0.6) is 0 Å². The number of fused-ring (bicyclic) bond motifs is 1. The molecule has 1 saturated heterocycles. The van der Waals surface area contributed by atoms with Crippen molar-refractivity contribution in [1.29, 1.82) is 0 Å². The van der Waals surface area contributed by atoms with E-state index in [-0.39, 0.29) is 18.2 Å². The predicted molar refractivity (Wildman–Crippen MR) is 177 cm³/mol. The Bertz CT molecular complexity index is 1540. The first-order chi connectivity index (χ1) is 21.2. The fourth-order valence-corrected chi connectivity index (χ4v) is 6.11. The first kappa shape index (κ1) is 31.3.